The van der Waals surface area contributed by atoms with Crippen molar-refractivity contribution in [1.82, 2.24) is 0 Å². The van der Waals surface area contributed by atoms with Crippen molar-refractivity contribution < 1.29 is 23.8 Å². The Bertz CT molecular complexity index is 827. The van der Waals surface area contributed by atoms with E-state index in [-0.39, 0.29) is 12.5 Å². The Balaban J connectivity index is 1.59. The molecule has 0 aliphatic carbocycles. The van der Waals surface area contributed by atoms with Gasteiger partial charge in [-0.1, -0.05) is 19.1 Å². The number of fused-ring (bicyclic) bond motifs is 1. The summed E-state index contributed by atoms with van der Waals surface area (Å²) in [5, 5.41) is 2.67. The molecule has 0 saturated heterocycles. The van der Waals surface area contributed by atoms with E-state index in [0.29, 0.717) is 23.8 Å². The maximum absolute atomic E-state index is 12.0. The van der Waals surface area contributed by atoms with Gasteiger partial charge in [0.15, 0.2) is 6.61 Å². The van der Waals surface area contributed by atoms with Gasteiger partial charge in [-0.2, -0.15) is 0 Å². The first-order valence-corrected chi connectivity index (χ1v) is 8.33. The summed E-state index contributed by atoms with van der Waals surface area (Å²) in [6.45, 7) is 2.71. The number of nitrogens with one attached hydrogen (secondary N) is 1. The molecule has 6 heteroatoms. The second-order valence-corrected chi connectivity index (χ2v) is 5.67. The third-order valence-electron chi connectivity index (χ3n) is 3.57. The molecule has 26 heavy (non-hydrogen) atoms. The van der Waals surface area contributed by atoms with Crippen LogP contribution in [0.5, 0.6) is 17.2 Å². The van der Waals surface area contributed by atoms with Crippen LogP contribution in [0.2, 0.25) is 0 Å². The van der Waals surface area contributed by atoms with E-state index < -0.39 is 5.97 Å². The van der Waals surface area contributed by atoms with Crippen molar-refractivity contribution in [2.75, 3.05) is 18.5 Å². The molecule has 1 N–H and O–H groups in total. The smallest absolute Gasteiger partial charge is 0.336 e. The van der Waals surface area contributed by atoms with Gasteiger partial charge in [-0.25, -0.2) is 4.79 Å². The molecular formula is C20H19NO5. The normalized spacial score (nSPS) is 12.9. The molecule has 0 atom stereocenters. The van der Waals surface area contributed by atoms with E-state index >= 15 is 0 Å². The van der Waals surface area contributed by atoms with Gasteiger partial charge in [0.25, 0.3) is 5.91 Å². The first-order valence-electron chi connectivity index (χ1n) is 8.33. The molecule has 1 aliphatic rings. The Morgan fingerprint density at radius 3 is 2.73 bits per heavy atom. The average Bonchev–Trinajstić information content (AvgIpc) is 2.65. The number of carbonyl (C=O) groups excluding carboxylic acids is 2. The van der Waals surface area contributed by atoms with Gasteiger partial charge < -0.3 is 19.5 Å². The van der Waals surface area contributed by atoms with Crippen molar-refractivity contribution in [3.63, 3.8) is 0 Å². The Kier molecular flexibility index (Phi) is 5.53. The Labute approximate surface area is 151 Å². The van der Waals surface area contributed by atoms with Crippen LogP contribution in [0.25, 0.3) is 6.08 Å². The zero-order valence-electron chi connectivity index (χ0n) is 14.4. The summed E-state index contributed by atoms with van der Waals surface area (Å²) in [6, 6.07) is 12.2. The fourth-order valence-corrected chi connectivity index (χ4v) is 2.34. The SMILES string of the molecule is CCCOc1ccc(/C=C/C(=O)Oc2ccc3c(c2)NC(=O)CO3)cc1. The Hall–Kier alpha value is -3.28. The van der Waals surface area contributed by atoms with Crippen LogP contribution in [0.1, 0.15) is 18.9 Å². The molecule has 0 saturated carbocycles. The van der Waals surface area contributed by atoms with Crippen molar-refractivity contribution in [3.05, 3.63) is 54.1 Å². The quantitative estimate of drug-likeness (QED) is 0.489. The van der Waals surface area contributed by atoms with E-state index in [1.54, 1.807) is 24.3 Å². The summed E-state index contributed by atoms with van der Waals surface area (Å²) >= 11 is 0. The average molecular weight is 353 g/mol. The molecule has 0 fully saturated rings. The molecule has 1 aliphatic heterocycles. The molecular weight excluding hydrogens is 334 g/mol. The summed E-state index contributed by atoms with van der Waals surface area (Å²) in [6.07, 6.45) is 3.96. The van der Waals surface area contributed by atoms with E-state index in [4.69, 9.17) is 14.2 Å². The third kappa shape index (κ3) is 4.63. The molecule has 0 aromatic heterocycles. The van der Waals surface area contributed by atoms with Crippen LogP contribution in [0.3, 0.4) is 0 Å². The van der Waals surface area contributed by atoms with Crippen molar-refractivity contribution in [2.24, 2.45) is 0 Å². The lowest BCUT2D eigenvalue weighted by Gasteiger charge is -2.18. The number of amides is 1. The summed E-state index contributed by atoms with van der Waals surface area (Å²) < 4.78 is 16.0. The maximum Gasteiger partial charge on any atom is 0.336 e. The molecule has 0 radical (unpaired) electrons. The lowest BCUT2D eigenvalue weighted by Crippen LogP contribution is -2.25. The van der Waals surface area contributed by atoms with Gasteiger partial charge in [0.2, 0.25) is 0 Å². The number of benzene rings is 2. The second-order valence-electron chi connectivity index (χ2n) is 5.67. The van der Waals surface area contributed by atoms with Crippen LogP contribution in [-0.2, 0) is 9.59 Å². The van der Waals surface area contributed by atoms with Crippen LogP contribution >= 0.6 is 0 Å². The van der Waals surface area contributed by atoms with Gasteiger partial charge in [-0.3, -0.25) is 4.79 Å². The predicted molar refractivity (Wildman–Crippen MR) is 97.5 cm³/mol. The van der Waals surface area contributed by atoms with Crippen molar-refractivity contribution in [3.8, 4) is 17.2 Å². The van der Waals surface area contributed by atoms with Crippen molar-refractivity contribution in [1.29, 1.82) is 0 Å². The molecule has 0 spiro atoms. The van der Waals surface area contributed by atoms with E-state index in [2.05, 4.69) is 5.32 Å². The highest BCUT2D eigenvalue weighted by molar-refractivity contribution is 5.96. The molecule has 2 aromatic carbocycles. The first kappa shape index (κ1) is 17.5. The molecule has 1 heterocycles. The van der Waals surface area contributed by atoms with E-state index in [1.165, 1.54) is 6.08 Å². The van der Waals surface area contributed by atoms with E-state index in [9.17, 15) is 9.59 Å². The minimum absolute atomic E-state index is 0.0167. The van der Waals surface area contributed by atoms with E-state index in [0.717, 1.165) is 17.7 Å². The highest BCUT2D eigenvalue weighted by Gasteiger charge is 2.16. The molecule has 6 nitrogen and oxygen atoms in total. The fourth-order valence-electron chi connectivity index (χ4n) is 2.34. The number of carbonyl (C=O) groups is 2. The van der Waals surface area contributed by atoms with Crippen molar-refractivity contribution >= 4 is 23.6 Å². The molecule has 3 rings (SSSR count). The topological polar surface area (TPSA) is 73.9 Å². The maximum atomic E-state index is 12.0. The molecule has 134 valence electrons. The summed E-state index contributed by atoms with van der Waals surface area (Å²) in [5.41, 5.74) is 1.34. The van der Waals surface area contributed by atoms with Crippen LogP contribution in [-0.4, -0.2) is 25.1 Å². The van der Waals surface area contributed by atoms with Gasteiger partial charge in [-0.15, -0.1) is 0 Å². The predicted octanol–water partition coefficient (Wildman–Crippen LogP) is 3.43. The first-order chi connectivity index (χ1) is 12.6. The minimum atomic E-state index is -0.515. The number of rotatable bonds is 6. The van der Waals surface area contributed by atoms with Crippen LogP contribution < -0.4 is 19.5 Å². The zero-order valence-corrected chi connectivity index (χ0v) is 14.4. The third-order valence-corrected chi connectivity index (χ3v) is 3.57. The standard InChI is InChI=1S/C20H19NO5/c1-2-11-24-15-6-3-14(4-7-15)5-10-20(23)26-16-8-9-18-17(12-16)21-19(22)13-25-18/h3-10,12H,2,11,13H2,1H3,(H,21,22)/b10-5+. The lowest BCUT2D eigenvalue weighted by molar-refractivity contribution is -0.128. The summed E-state index contributed by atoms with van der Waals surface area (Å²) in [4.78, 5) is 23.3. The fraction of sp³-hybridized carbons (Fsp3) is 0.200. The number of ether oxygens (including phenoxy) is 3. The van der Waals surface area contributed by atoms with Gasteiger partial charge in [0, 0.05) is 12.1 Å². The largest absolute Gasteiger partial charge is 0.494 e. The number of esters is 1. The Morgan fingerprint density at radius 2 is 1.96 bits per heavy atom. The Morgan fingerprint density at radius 1 is 1.19 bits per heavy atom. The van der Waals surface area contributed by atoms with Crippen LogP contribution in [0, 0.1) is 0 Å². The highest BCUT2D eigenvalue weighted by atomic mass is 16.5. The van der Waals surface area contributed by atoms with Crippen LogP contribution in [0.15, 0.2) is 48.5 Å². The van der Waals surface area contributed by atoms with Gasteiger partial charge in [0.05, 0.1) is 12.3 Å². The monoisotopic (exact) mass is 353 g/mol. The summed E-state index contributed by atoms with van der Waals surface area (Å²) in [7, 11) is 0. The molecule has 2 aromatic rings. The number of hydrogen-bond acceptors (Lipinski definition) is 5. The lowest BCUT2D eigenvalue weighted by atomic mass is 10.2. The van der Waals surface area contributed by atoms with Gasteiger partial charge >= 0.3 is 5.97 Å². The molecule has 0 unspecified atom stereocenters. The number of anilines is 1. The second kappa shape index (κ2) is 8.20. The van der Waals surface area contributed by atoms with E-state index in [1.807, 2.05) is 31.2 Å². The molecule has 0 bridgehead atoms. The van der Waals surface area contributed by atoms with Crippen LogP contribution in [0.4, 0.5) is 5.69 Å². The zero-order chi connectivity index (χ0) is 18.4. The van der Waals surface area contributed by atoms with Gasteiger partial charge in [0.1, 0.15) is 17.2 Å². The highest BCUT2D eigenvalue weighted by Crippen LogP contribution is 2.31. The minimum Gasteiger partial charge on any atom is -0.494 e. The van der Waals surface area contributed by atoms with Crippen molar-refractivity contribution in [2.45, 2.75) is 13.3 Å². The number of hydrogen-bond donors (Lipinski definition) is 1. The summed E-state index contributed by atoms with van der Waals surface area (Å²) in [5.74, 6) is 0.911. The molecule has 1 amide bonds. The van der Waals surface area contributed by atoms with Gasteiger partial charge in [-0.05, 0) is 42.3 Å².